The summed E-state index contributed by atoms with van der Waals surface area (Å²) in [5.74, 6) is 1.61. The lowest BCUT2D eigenvalue weighted by molar-refractivity contribution is 0.0632. The first kappa shape index (κ1) is 16.7. The van der Waals surface area contributed by atoms with Gasteiger partial charge in [-0.1, -0.05) is 24.3 Å². The lowest BCUT2D eigenvalue weighted by atomic mass is 9.99. The number of nitrogens with one attached hydrogen (secondary N) is 2. The average molecular weight is 386 g/mol. The van der Waals surface area contributed by atoms with Crippen LogP contribution in [0.15, 0.2) is 54.9 Å². The molecule has 6 rings (SSSR count). The Morgan fingerprint density at radius 3 is 3.00 bits per heavy atom. The van der Waals surface area contributed by atoms with Crippen molar-refractivity contribution < 1.29 is 9.47 Å². The van der Waals surface area contributed by atoms with Crippen LogP contribution >= 0.6 is 0 Å². The van der Waals surface area contributed by atoms with E-state index in [9.17, 15) is 0 Å². The van der Waals surface area contributed by atoms with Crippen LogP contribution in [0.5, 0.6) is 11.5 Å². The Labute approximate surface area is 168 Å². The molecule has 0 fully saturated rings. The van der Waals surface area contributed by atoms with E-state index >= 15 is 0 Å². The van der Waals surface area contributed by atoms with Crippen molar-refractivity contribution in [2.75, 3.05) is 26.2 Å². The Morgan fingerprint density at radius 2 is 2.07 bits per heavy atom. The molecular weight excluding hydrogens is 364 g/mol. The van der Waals surface area contributed by atoms with E-state index in [1.54, 1.807) is 6.20 Å². The zero-order valence-electron chi connectivity index (χ0n) is 16.0. The van der Waals surface area contributed by atoms with Gasteiger partial charge in [-0.2, -0.15) is 5.10 Å². The lowest BCUT2D eigenvalue weighted by Gasteiger charge is -2.33. The van der Waals surface area contributed by atoms with Gasteiger partial charge in [0, 0.05) is 42.3 Å². The van der Waals surface area contributed by atoms with Crippen molar-refractivity contribution in [3.05, 3.63) is 60.4 Å². The fraction of sp³-hybridized carbons (Fsp3) is 0.261. The molecule has 2 N–H and O–H groups in total. The number of para-hydroxylation sites is 1. The van der Waals surface area contributed by atoms with E-state index in [2.05, 4.69) is 56.6 Å². The first-order chi connectivity index (χ1) is 14.3. The van der Waals surface area contributed by atoms with Crippen LogP contribution in [-0.2, 0) is 0 Å². The fourth-order valence-electron chi connectivity index (χ4n) is 4.43. The standard InChI is InChI=1S/C23H22N4O2/c1-2-4-20-17(3-1)18(11-24-20)15-7-9-27(10-8-15)13-16-14-28-22-6-5-21-19(12-25-26-21)23(22)29-16/h1-7,11-12,16,24H,8-10,13-14H2,(H,25,26). The topological polar surface area (TPSA) is 66.2 Å². The molecule has 1 atom stereocenters. The predicted molar refractivity (Wildman–Crippen MR) is 113 cm³/mol. The molecule has 4 aromatic rings. The first-order valence-electron chi connectivity index (χ1n) is 10.1. The number of benzene rings is 2. The molecule has 6 heteroatoms. The van der Waals surface area contributed by atoms with E-state index in [1.165, 1.54) is 22.0 Å². The van der Waals surface area contributed by atoms with Crippen molar-refractivity contribution in [3.63, 3.8) is 0 Å². The van der Waals surface area contributed by atoms with E-state index in [1.807, 2.05) is 12.1 Å². The van der Waals surface area contributed by atoms with Crippen LogP contribution in [0.1, 0.15) is 12.0 Å². The zero-order valence-corrected chi connectivity index (χ0v) is 16.0. The van der Waals surface area contributed by atoms with Gasteiger partial charge in [-0.05, 0) is 30.2 Å². The quantitative estimate of drug-likeness (QED) is 0.559. The molecule has 0 radical (unpaired) electrons. The van der Waals surface area contributed by atoms with Crippen molar-refractivity contribution >= 4 is 27.4 Å². The van der Waals surface area contributed by atoms with Crippen LogP contribution in [0.3, 0.4) is 0 Å². The van der Waals surface area contributed by atoms with Crippen LogP contribution in [0.2, 0.25) is 0 Å². The maximum Gasteiger partial charge on any atom is 0.172 e. The molecule has 0 saturated carbocycles. The van der Waals surface area contributed by atoms with E-state index in [-0.39, 0.29) is 6.10 Å². The van der Waals surface area contributed by atoms with Gasteiger partial charge < -0.3 is 14.5 Å². The van der Waals surface area contributed by atoms with E-state index in [0.29, 0.717) is 6.61 Å². The summed E-state index contributed by atoms with van der Waals surface area (Å²) in [7, 11) is 0. The molecule has 0 aliphatic carbocycles. The van der Waals surface area contributed by atoms with Gasteiger partial charge in [0.2, 0.25) is 0 Å². The van der Waals surface area contributed by atoms with Gasteiger partial charge >= 0.3 is 0 Å². The van der Waals surface area contributed by atoms with Gasteiger partial charge in [-0.25, -0.2) is 0 Å². The molecule has 2 aliphatic rings. The van der Waals surface area contributed by atoms with Gasteiger partial charge in [0.1, 0.15) is 12.7 Å². The largest absolute Gasteiger partial charge is 0.486 e. The normalized spacial score (nSPS) is 19.6. The summed E-state index contributed by atoms with van der Waals surface area (Å²) in [5, 5.41) is 9.40. The van der Waals surface area contributed by atoms with Crippen LogP contribution in [0.4, 0.5) is 0 Å². The van der Waals surface area contributed by atoms with Gasteiger partial charge in [0.15, 0.2) is 11.5 Å². The number of fused-ring (bicyclic) bond motifs is 4. The molecule has 146 valence electrons. The molecule has 2 aliphatic heterocycles. The maximum atomic E-state index is 6.31. The number of hydrogen-bond acceptors (Lipinski definition) is 4. The third kappa shape index (κ3) is 2.87. The highest BCUT2D eigenvalue weighted by Crippen LogP contribution is 2.38. The summed E-state index contributed by atoms with van der Waals surface area (Å²) in [5.41, 5.74) is 4.92. The summed E-state index contributed by atoms with van der Waals surface area (Å²) in [6, 6.07) is 12.4. The second kappa shape index (κ2) is 6.67. The minimum Gasteiger partial charge on any atom is -0.486 e. The molecule has 2 aromatic heterocycles. The molecule has 0 spiro atoms. The highest BCUT2D eigenvalue weighted by Gasteiger charge is 2.26. The first-order valence-corrected chi connectivity index (χ1v) is 10.1. The van der Waals surface area contributed by atoms with Crippen molar-refractivity contribution in [2.45, 2.75) is 12.5 Å². The minimum absolute atomic E-state index is 0.0195. The van der Waals surface area contributed by atoms with Crippen molar-refractivity contribution in [1.29, 1.82) is 0 Å². The van der Waals surface area contributed by atoms with Crippen LogP contribution in [0.25, 0.3) is 27.4 Å². The molecule has 0 bridgehead atoms. The Kier molecular flexibility index (Phi) is 3.84. The van der Waals surface area contributed by atoms with Crippen LogP contribution in [-0.4, -0.2) is 52.4 Å². The Hall–Kier alpha value is -3.25. The van der Waals surface area contributed by atoms with E-state index < -0.39 is 0 Å². The minimum atomic E-state index is 0.0195. The highest BCUT2D eigenvalue weighted by molar-refractivity contribution is 5.92. The summed E-state index contributed by atoms with van der Waals surface area (Å²) in [4.78, 5) is 5.82. The maximum absolute atomic E-state index is 6.31. The molecule has 0 amide bonds. The average Bonchev–Trinajstić information content (AvgIpc) is 3.42. The van der Waals surface area contributed by atoms with Crippen LogP contribution in [0, 0.1) is 0 Å². The van der Waals surface area contributed by atoms with Crippen molar-refractivity contribution in [2.24, 2.45) is 0 Å². The number of hydrogen-bond donors (Lipinski definition) is 2. The lowest BCUT2D eigenvalue weighted by Crippen LogP contribution is -2.42. The molecule has 2 aromatic carbocycles. The molecule has 0 saturated heterocycles. The predicted octanol–water partition coefficient (Wildman–Crippen LogP) is 3.97. The second-order valence-corrected chi connectivity index (χ2v) is 7.76. The third-order valence-electron chi connectivity index (χ3n) is 5.94. The molecule has 6 nitrogen and oxygen atoms in total. The number of ether oxygens (including phenoxy) is 2. The zero-order chi connectivity index (χ0) is 19.2. The number of rotatable bonds is 3. The Bertz CT molecular complexity index is 1220. The van der Waals surface area contributed by atoms with Crippen molar-refractivity contribution in [1.82, 2.24) is 20.1 Å². The smallest absolute Gasteiger partial charge is 0.172 e. The third-order valence-corrected chi connectivity index (χ3v) is 5.94. The summed E-state index contributed by atoms with van der Waals surface area (Å²) in [6.07, 6.45) is 7.35. The Morgan fingerprint density at radius 1 is 1.10 bits per heavy atom. The fourth-order valence-corrected chi connectivity index (χ4v) is 4.43. The second-order valence-electron chi connectivity index (χ2n) is 7.76. The van der Waals surface area contributed by atoms with Gasteiger partial charge in [-0.15, -0.1) is 0 Å². The molecular formula is C23H22N4O2. The van der Waals surface area contributed by atoms with Crippen LogP contribution < -0.4 is 9.47 Å². The molecule has 29 heavy (non-hydrogen) atoms. The molecule has 1 unspecified atom stereocenters. The number of aromatic amines is 2. The van der Waals surface area contributed by atoms with E-state index in [0.717, 1.165) is 48.5 Å². The number of aromatic nitrogens is 3. The van der Waals surface area contributed by atoms with Gasteiger partial charge in [0.05, 0.1) is 17.1 Å². The van der Waals surface area contributed by atoms with Gasteiger partial charge in [-0.3, -0.25) is 10.00 Å². The highest BCUT2D eigenvalue weighted by atomic mass is 16.6. The summed E-state index contributed by atoms with van der Waals surface area (Å²) in [6.45, 7) is 3.38. The SMILES string of the molecule is C1=C(c2c[nH]c3ccccc23)CCN(CC2COc3ccc4[nH]ncc4c3O2)C1. The van der Waals surface area contributed by atoms with Crippen molar-refractivity contribution in [3.8, 4) is 11.5 Å². The number of nitrogens with zero attached hydrogens (tertiary/aromatic N) is 2. The summed E-state index contributed by atoms with van der Waals surface area (Å²) < 4.78 is 12.3. The monoisotopic (exact) mass is 386 g/mol. The Balaban J connectivity index is 1.17. The summed E-state index contributed by atoms with van der Waals surface area (Å²) >= 11 is 0. The van der Waals surface area contributed by atoms with Gasteiger partial charge in [0.25, 0.3) is 0 Å². The number of H-pyrrole nitrogens is 2. The molecule has 4 heterocycles. The van der Waals surface area contributed by atoms with E-state index in [4.69, 9.17) is 9.47 Å².